The monoisotopic (exact) mass is 414 g/mol. The molecule has 0 N–H and O–H groups in total. The summed E-state index contributed by atoms with van der Waals surface area (Å²) in [4.78, 5) is 16.8. The van der Waals surface area contributed by atoms with Crippen LogP contribution in [0.15, 0.2) is 76.1 Å². The first kappa shape index (κ1) is 18.8. The minimum atomic E-state index is 0.944. The lowest BCUT2D eigenvalue weighted by atomic mass is 10.1. The van der Waals surface area contributed by atoms with Crippen LogP contribution in [-0.4, -0.2) is 45.9 Å². The molecule has 150 valence electrons. The summed E-state index contributed by atoms with van der Waals surface area (Å²) in [7, 11) is 1.77. The number of hydrogen-bond acceptors (Lipinski definition) is 6. The highest BCUT2D eigenvalue weighted by molar-refractivity contribution is 7.99. The summed E-state index contributed by atoms with van der Waals surface area (Å²) in [6, 6.07) is 12.4. The molecule has 4 aromatic heterocycles. The SMILES string of the molecule is CN=Cc1cnn2cc(-c3ccc(N4CCCC4)nc3)cc(Sc3ccccn3)c12. The minimum absolute atomic E-state index is 0.944. The van der Waals surface area contributed by atoms with Crippen molar-refractivity contribution in [2.45, 2.75) is 22.8 Å². The van der Waals surface area contributed by atoms with Gasteiger partial charge < -0.3 is 4.90 Å². The van der Waals surface area contributed by atoms with Crippen molar-refractivity contribution in [2.24, 2.45) is 4.99 Å². The Balaban J connectivity index is 1.57. The Morgan fingerprint density at radius 2 is 1.93 bits per heavy atom. The largest absolute Gasteiger partial charge is 0.357 e. The zero-order valence-corrected chi connectivity index (χ0v) is 17.6. The molecule has 0 spiro atoms. The molecule has 0 unspecified atom stereocenters. The molecule has 1 aliphatic rings. The van der Waals surface area contributed by atoms with Gasteiger partial charge in [-0.25, -0.2) is 14.5 Å². The summed E-state index contributed by atoms with van der Waals surface area (Å²) in [5.41, 5.74) is 4.17. The van der Waals surface area contributed by atoms with Crippen LogP contribution in [0.4, 0.5) is 5.82 Å². The fourth-order valence-electron chi connectivity index (χ4n) is 3.79. The zero-order valence-electron chi connectivity index (χ0n) is 16.8. The molecule has 6 nitrogen and oxygen atoms in total. The Morgan fingerprint density at radius 1 is 1.03 bits per heavy atom. The summed E-state index contributed by atoms with van der Waals surface area (Å²) < 4.78 is 1.92. The second-order valence-electron chi connectivity index (χ2n) is 7.24. The summed E-state index contributed by atoms with van der Waals surface area (Å²) in [5.74, 6) is 1.06. The maximum Gasteiger partial charge on any atom is 0.128 e. The maximum atomic E-state index is 4.72. The molecule has 4 aromatic rings. The van der Waals surface area contributed by atoms with E-state index in [0.29, 0.717) is 0 Å². The van der Waals surface area contributed by atoms with Crippen molar-refractivity contribution in [1.82, 2.24) is 19.6 Å². The molecular formula is C23H22N6S. The lowest BCUT2D eigenvalue weighted by molar-refractivity contribution is 0.936. The molecule has 5 rings (SSSR count). The van der Waals surface area contributed by atoms with Crippen molar-refractivity contribution in [1.29, 1.82) is 0 Å². The first-order chi connectivity index (χ1) is 14.8. The zero-order chi connectivity index (χ0) is 20.3. The average Bonchev–Trinajstić information content (AvgIpc) is 3.46. The molecule has 30 heavy (non-hydrogen) atoms. The van der Waals surface area contributed by atoms with Crippen molar-refractivity contribution in [3.05, 3.63) is 66.7 Å². The Morgan fingerprint density at radius 3 is 2.67 bits per heavy atom. The number of nitrogens with zero attached hydrogens (tertiary/aromatic N) is 6. The van der Waals surface area contributed by atoms with Gasteiger partial charge in [0.25, 0.3) is 0 Å². The molecule has 1 aliphatic heterocycles. The topological polar surface area (TPSA) is 58.7 Å². The minimum Gasteiger partial charge on any atom is -0.357 e. The predicted molar refractivity (Wildman–Crippen MR) is 122 cm³/mol. The summed E-state index contributed by atoms with van der Waals surface area (Å²) in [6.07, 6.45) is 12.0. The highest BCUT2D eigenvalue weighted by atomic mass is 32.2. The van der Waals surface area contributed by atoms with Crippen LogP contribution in [0.25, 0.3) is 16.6 Å². The van der Waals surface area contributed by atoms with Gasteiger partial charge >= 0.3 is 0 Å². The van der Waals surface area contributed by atoms with Gasteiger partial charge in [0, 0.05) is 66.5 Å². The number of aromatic nitrogens is 4. The Bertz CT molecular complexity index is 1180. The van der Waals surface area contributed by atoms with Crippen LogP contribution in [0.1, 0.15) is 18.4 Å². The van der Waals surface area contributed by atoms with Gasteiger partial charge in [-0.1, -0.05) is 17.8 Å². The van der Waals surface area contributed by atoms with Gasteiger partial charge in [0.05, 0.1) is 11.7 Å². The van der Waals surface area contributed by atoms with Gasteiger partial charge in [0.1, 0.15) is 10.8 Å². The predicted octanol–water partition coefficient (Wildman–Crippen LogP) is 4.59. The molecule has 0 aromatic carbocycles. The number of anilines is 1. The third kappa shape index (κ3) is 3.68. The molecule has 7 heteroatoms. The van der Waals surface area contributed by atoms with Gasteiger partial charge in [0.15, 0.2) is 0 Å². The van der Waals surface area contributed by atoms with Crippen molar-refractivity contribution < 1.29 is 0 Å². The molecule has 0 atom stereocenters. The van der Waals surface area contributed by atoms with Crippen molar-refractivity contribution in [2.75, 3.05) is 25.0 Å². The van der Waals surface area contributed by atoms with Gasteiger partial charge in [-0.2, -0.15) is 5.10 Å². The van der Waals surface area contributed by atoms with Crippen LogP contribution in [0.3, 0.4) is 0 Å². The normalized spacial score (nSPS) is 14.2. The summed E-state index contributed by atoms with van der Waals surface area (Å²) in [6.45, 7) is 2.19. The van der Waals surface area contributed by atoms with E-state index in [1.807, 2.05) is 47.5 Å². The average molecular weight is 415 g/mol. The fraction of sp³-hybridized carbons (Fsp3) is 0.217. The van der Waals surface area contributed by atoms with E-state index in [-0.39, 0.29) is 0 Å². The first-order valence-electron chi connectivity index (χ1n) is 10.1. The van der Waals surface area contributed by atoms with E-state index >= 15 is 0 Å². The molecule has 0 bridgehead atoms. The first-order valence-corrected chi connectivity index (χ1v) is 10.9. The third-order valence-electron chi connectivity index (χ3n) is 5.24. The molecule has 0 saturated carbocycles. The van der Waals surface area contributed by atoms with E-state index in [2.05, 4.69) is 44.4 Å². The fourth-order valence-corrected chi connectivity index (χ4v) is 4.77. The lowest BCUT2D eigenvalue weighted by Crippen LogP contribution is -2.18. The van der Waals surface area contributed by atoms with Crippen LogP contribution in [0, 0.1) is 0 Å². The lowest BCUT2D eigenvalue weighted by Gasteiger charge is -2.16. The number of aliphatic imine (C=N–C) groups is 1. The second-order valence-corrected chi connectivity index (χ2v) is 8.30. The van der Waals surface area contributed by atoms with Crippen LogP contribution < -0.4 is 4.90 Å². The van der Waals surface area contributed by atoms with E-state index in [9.17, 15) is 0 Å². The molecule has 5 heterocycles. The van der Waals surface area contributed by atoms with Crippen LogP contribution >= 0.6 is 11.8 Å². The molecule has 0 amide bonds. The van der Waals surface area contributed by atoms with Crippen LogP contribution in [0.2, 0.25) is 0 Å². The van der Waals surface area contributed by atoms with E-state index in [1.165, 1.54) is 12.8 Å². The van der Waals surface area contributed by atoms with Crippen LogP contribution in [-0.2, 0) is 0 Å². The Labute approximate surface area is 179 Å². The molecule has 1 fully saturated rings. The van der Waals surface area contributed by atoms with Gasteiger partial charge in [0.2, 0.25) is 0 Å². The van der Waals surface area contributed by atoms with Gasteiger partial charge in [-0.15, -0.1) is 0 Å². The molecule has 0 aliphatic carbocycles. The van der Waals surface area contributed by atoms with Crippen LogP contribution in [0.5, 0.6) is 0 Å². The second kappa shape index (κ2) is 8.28. The highest BCUT2D eigenvalue weighted by Gasteiger charge is 2.15. The standard InChI is InChI=1S/C23H22N6S/c1-24-13-19-15-27-29-16-18(12-20(23(19)29)30-22-6-2-3-9-25-22)17-7-8-21(26-14-17)28-10-4-5-11-28/h2-3,6-9,12-16H,4-5,10-11H2,1H3. The molecule has 1 saturated heterocycles. The van der Waals surface area contributed by atoms with E-state index in [1.54, 1.807) is 18.8 Å². The molecule has 0 radical (unpaired) electrons. The van der Waals surface area contributed by atoms with E-state index < -0.39 is 0 Å². The van der Waals surface area contributed by atoms with Gasteiger partial charge in [-0.3, -0.25) is 4.99 Å². The van der Waals surface area contributed by atoms with E-state index in [4.69, 9.17) is 4.98 Å². The number of rotatable bonds is 5. The number of hydrogen-bond donors (Lipinski definition) is 0. The van der Waals surface area contributed by atoms with Gasteiger partial charge in [-0.05, 0) is 43.2 Å². The maximum absolute atomic E-state index is 4.72. The van der Waals surface area contributed by atoms with Crippen molar-refractivity contribution in [3.8, 4) is 11.1 Å². The van der Waals surface area contributed by atoms with E-state index in [0.717, 1.165) is 51.0 Å². The van der Waals surface area contributed by atoms with Crippen molar-refractivity contribution >= 4 is 29.3 Å². The quantitative estimate of drug-likeness (QED) is 0.447. The number of pyridine rings is 3. The summed E-state index contributed by atoms with van der Waals surface area (Å²) in [5, 5.41) is 5.51. The Hall–Kier alpha value is -3.19. The summed E-state index contributed by atoms with van der Waals surface area (Å²) >= 11 is 1.63. The molecular weight excluding hydrogens is 392 g/mol. The number of fused-ring (bicyclic) bond motifs is 1. The van der Waals surface area contributed by atoms with Crippen molar-refractivity contribution in [3.63, 3.8) is 0 Å². The third-order valence-corrected chi connectivity index (χ3v) is 6.22. The smallest absolute Gasteiger partial charge is 0.128 e. The highest BCUT2D eigenvalue weighted by Crippen LogP contribution is 2.34. The Kier molecular flexibility index (Phi) is 5.19.